The third-order valence-corrected chi connectivity index (χ3v) is 2.89. The molecule has 0 bridgehead atoms. The van der Waals surface area contributed by atoms with Gasteiger partial charge in [-0.1, -0.05) is 12.1 Å². The number of nitrogens with one attached hydrogen (secondary N) is 1. The number of anilines is 1. The lowest BCUT2D eigenvalue weighted by molar-refractivity contribution is 0.411. The number of methoxy groups -OCH3 is 1. The van der Waals surface area contributed by atoms with Crippen LogP contribution < -0.4 is 10.1 Å². The normalized spacial score (nSPS) is 10.4. The molecule has 4 heteroatoms. The summed E-state index contributed by atoms with van der Waals surface area (Å²) >= 11 is 0. The van der Waals surface area contributed by atoms with Crippen molar-refractivity contribution in [2.24, 2.45) is 0 Å². The zero-order valence-corrected chi connectivity index (χ0v) is 11.0. The third kappa shape index (κ3) is 2.83. The van der Waals surface area contributed by atoms with Gasteiger partial charge in [-0.25, -0.2) is 0 Å². The summed E-state index contributed by atoms with van der Waals surface area (Å²) in [6.45, 7) is 2.05. The molecule has 4 nitrogen and oxygen atoms in total. The van der Waals surface area contributed by atoms with Crippen LogP contribution in [0.2, 0.25) is 0 Å². The van der Waals surface area contributed by atoms with E-state index in [0.29, 0.717) is 6.01 Å². The summed E-state index contributed by atoms with van der Waals surface area (Å²) in [7, 11) is 3.49. The average Bonchev–Trinajstić information content (AvgIpc) is 2.84. The molecule has 0 unspecified atom stereocenters. The summed E-state index contributed by atoms with van der Waals surface area (Å²) in [5.41, 5.74) is 3.40. The number of nitrogens with zero attached hydrogens (tertiary/aromatic N) is 1. The monoisotopic (exact) mass is 246 g/mol. The van der Waals surface area contributed by atoms with Crippen LogP contribution in [0.1, 0.15) is 16.8 Å². The van der Waals surface area contributed by atoms with Gasteiger partial charge in [-0.15, -0.1) is 0 Å². The maximum atomic E-state index is 5.25. The van der Waals surface area contributed by atoms with Crippen molar-refractivity contribution < 1.29 is 9.15 Å². The highest BCUT2D eigenvalue weighted by Gasteiger charge is 2.04. The van der Waals surface area contributed by atoms with Crippen LogP contribution in [0, 0.1) is 6.92 Å². The van der Waals surface area contributed by atoms with Gasteiger partial charge < -0.3 is 14.5 Å². The lowest BCUT2D eigenvalue weighted by atomic mass is 10.1. The highest BCUT2D eigenvalue weighted by atomic mass is 16.5. The fraction of sp³-hybridized carbons (Fsp3) is 0.357. The predicted molar refractivity (Wildman–Crippen MR) is 71.2 cm³/mol. The van der Waals surface area contributed by atoms with E-state index >= 15 is 0 Å². The first-order valence-corrected chi connectivity index (χ1v) is 5.98. The molecule has 0 aliphatic rings. The van der Waals surface area contributed by atoms with Gasteiger partial charge in [-0.2, -0.15) is 4.98 Å². The zero-order valence-electron chi connectivity index (χ0n) is 11.0. The minimum atomic E-state index is 0.566. The molecule has 96 valence electrons. The molecule has 2 rings (SSSR count). The Morgan fingerprint density at radius 1 is 1.33 bits per heavy atom. The summed E-state index contributed by atoms with van der Waals surface area (Å²) < 4.78 is 10.5. The molecule has 0 saturated heterocycles. The van der Waals surface area contributed by atoms with E-state index in [-0.39, 0.29) is 0 Å². The van der Waals surface area contributed by atoms with Gasteiger partial charge in [0.2, 0.25) is 0 Å². The Bertz CT molecular complexity index is 520. The molecule has 1 aromatic heterocycles. The van der Waals surface area contributed by atoms with Crippen molar-refractivity contribution in [3.8, 4) is 5.75 Å². The van der Waals surface area contributed by atoms with Crippen LogP contribution in [-0.2, 0) is 12.8 Å². The van der Waals surface area contributed by atoms with Crippen LogP contribution in [0.3, 0.4) is 0 Å². The van der Waals surface area contributed by atoms with E-state index in [1.165, 1.54) is 5.56 Å². The molecule has 0 spiro atoms. The van der Waals surface area contributed by atoms with E-state index in [9.17, 15) is 0 Å². The van der Waals surface area contributed by atoms with Gasteiger partial charge in [-0.3, -0.25) is 0 Å². The van der Waals surface area contributed by atoms with Gasteiger partial charge in [0.25, 0.3) is 6.01 Å². The Morgan fingerprint density at radius 3 is 2.78 bits per heavy atom. The maximum absolute atomic E-state index is 5.25. The highest BCUT2D eigenvalue weighted by molar-refractivity contribution is 5.36. The van der Waals surface area contributed by atoms with Crippen LogP contribution in [0.4, 0.5) is 6.01 Å². The smallest absolute Gasteiger partial charge is 0.294 e. The summed E-state index contributed by atoms with van der Waals surface area (Å²) in [4.78, 5) is 4.30. The fourth-order valence-electron chi connectivity index (χ4n) is 1.91. The Morgan fingerprint density at radius 2 is 2.17 bits per heavy atom. The van der Waals surface area contributed by atoms with E-state index in [1.54, 1.807) is 20.4 Å². The van der Waals surface area contributed by atoms with Crippen molar-refractivity contribution >= 4 is 6.01 Å². The van der Waals surface area contributed by atoms with Gasteiger partial charge in [0.15, 0.2) is 0 Å². The molecular weight excluding hydrogens is 228 g/mol. The summed E-state index contributed by atoms with van der Waals surface area (Å²) in [5, 5.41) is 2.88. The maximum Gasteiger partial charge on any atom is 0.294 e. The Labute approximate surface area is 107 Å². The number of hydrogen-bond acceptors (Lipinski definition) is 4. The summed E-state index contributed by atoms with van der Waals surface area (Å²) in [5.74, 6) is 0.928. The molecule has 0 fully saturated rings. The lowest BCUT2D eigenvalue weighted by Gasteiger charge is -2.06. The van der Waals surface area contributed by atoms with Gasteiger partial charge in [-0.05, 0) is 37.0 Å². The molecule has 1 heterocycles. The average molecular weight is 246 g/mol. The number of hydrogen-bond donors (Lipinski definition) is 1. The molecule has 1 aromatic carbocycles. The van der Waals surface area contributed by atoms with Crippen LogP contribution in [0.15, 0.2) is 28.9 Å². The molecule has 0 aliphatic heterocycles. The number of ether oxygens (including phenoxy) is 1. The Hall–Kier alpha value is -1.97. The highest BCUT2D eigenvalue weighted by Crippen LogP contribution is 2.19. The first-order valence-electron chi connectivity index (χ1n) is 5.98. The van der Waals surface area contributed by atoms with Gasteiger partial charge in [0.05, 0.1) is 12.8 Å². The Balaban J connectivity index is 1.99. The van der Waals surface area contributed by atoms with Crippen LogP contribution in [0.5, 0.6) is 5.75 Å². The Kier molecular flexibility index (Phi) is 3.87. The first kappa shape index (κ1) is 12.5. The number of benzene rings is 1. The van der Waals surface area contributed by atoms with Crippen molar-refractivity contribution in [1.82, 2.24) is 4.98 Å². The van der Waals surface area contributed by atoms with Crippen LogP contribution in [-0.4, -0.2) is 19.1 Å². The quantitative estimate of drug-likeness (QED) is 0.881. The van der Waals surface area contributed by atoms with Crippen LogP contribution >= 0.6 is 0 Å². The van der Waals surface area contributed by atoms with Crippen molar-refractivity contribution in [2.45, 2.75) is 19.8 Å². The van der Waals surface area contributed by atoms with E-state index < -0.39 is 0 Å². The second-order valence-electron chi connectivity index (χ2n) is 4.20. The molecule has 1 N–H and O–H groups in total. The molecule has 0 radical (unpaired) electrons. The molecule has 0 atom stereocenters. The van der Waals surface area contributed by atoms with E-state index in [2.05, 4.69) is 29.4 Å². The number of aromatic nitrogens is 1. The van der Waals surface area contributed by atoms with Crippen molar-refractivity contribution in [3.63, 3.8) is 0 Å². The lowest BCUT2D eigenvalue weighted by Crippen LogP contribution is -1.95. The topological polar surface area (TPSA) is 47.3 Å². The minimum Gasteiger partial charge on any atom is -0.496 e. The van der Waals surface area contributed by atoms with Gasteiger partial charge in [0, 0.05) is 7.05 Å². The number of rotatable bonds is 5. The second kappa shape index (κ2) is 5.58. The predicted octanol–water partition coefficient (Wildman–Crippen LogP) is 2.82. The molecule has 0 amide bonds. The molecule has 0 aliphatic carbocycles. The van der Waals surface area contributed by atoms with Crippen molar-refractivity contribution in [1.29, 1.82) is 0 Å². The molecule has 2 aromatic rings. The standard InChI is InChI=1S/C14H18N2O2/c1-10-8-11(5-7-13(10)17-3)4-6-12-9-18-14(15-2)16-12/h5,7-9H,4,6H2,1-3H3,(H,15,16). The van der Waals surface area contributed by atoms with E-state index in [1.807, 2.05) is 6.07 Å². The summed E-state index contributed by atoms with van der Waals surface area (Å²) in [6.07, 6.45) is 3.51. The van der Waals surface area contributed by atoms with Crippen molar-refractivity contribution in [2.75, 3.05) is 19.5 Å². The second-order valence-corrected chi connectivity index (χ2v) is 4.20. The van der Waals surface area contributed by atoms with E-state index in [4.69, 9.17) is 9.15 Å². The zero-order chi connectivity index (χ0) is 13.0. The molecule has 18 heavy (non-hydrogen) atoms. The number of aryl methyl sites for hydroxylation is 3. The van der Waals surface area contributed by atoms with Gasteiger partial charge >= 0.3 is 0 Å². The third-order valence-electron chi connectivity index (χ3n) is 2.89. The van der Waals surface area contributed by atoms with Crippen molar-refractivity contribution in [3.05, 3.63) is 41.3 Å². The van der Waals surface area contributed by atoms with Gasteiger partial charge in [0.1, 0.15) is 12.0 Å². The van der Waals surface area contributed by atoms with E-state index in [0.717, 1.165) is 29.8 Å². The fourth-order valence-corrected chi connectivity index (χ4v) is 1.91. The summed E-state index contributed by atoms with van der Waals surface area (Å²) in [6, 6.07) is 6.81. The van der Waals surface area contributed by atoms with Crippen LogP contribution in [0.25, 0.3) is 0 Å². The molecular formula is C14H18N2O2. The largest absolute Gasteiger partial charge is 0.496 e. The molecule has 0 saturated carbocycles. The minimum absolute atomic E-state index is 0.566. The number of oxazole rings is 1. The SMILES string of the molecule is CNc1nc(CCc2ccc(OC)c(C)c2)co1. The first-order chi connectivity index (χ1) is 8.72.